The summed E-state index contributed by atoms with van der Waals surface area (Å²) in [5.41, 5.74) is -0.624. The molecule has 5 heteroatoms. The van der Waals surface area contributed by atoms with Crippen molar-refractivity contribution in [2.75, 3.05) is 20.3 Å². The zero-order chi connectivity index (χ0) is 14.6. The van der Waals surface area contributed by atoms with Crippen LogP contribution in [0.5, 0.6) is 5.75 Å². The second kappa shape index (κ2) is 6.22. The minimum Gasteiger partial charge on any atom is -0.497 e. The Bertz CT molecular complexity index is 459. The van der Waals surface area contributed by atoms with Crippen LogP contribution in [0.2, 0.25) is 0 Å². The zero-order valence-electron chi connectivity index (χ0n) is 11.7. The molecule has 0 saturated heterocycles. The Balaban J connectivity index is 1.74. The summed E-state index contributed by atoms with van der Waals surface area (Å²) in [6, 6.07) is 7.36. The molecule has 0 aliphatic heterocycles. The van der Waals surface area contributed by atoms with Crippen molar-refractivity contribution >= 4 is 5.97 Å². The highest BCUT2D eigenvalue weighted by atomic mass is 19.1. The van der Waals surface area contributed by atoms with Crippen LogP contribution in [0.3, 0.4) is 0 Å². The first-order valence-corrected chi connectivity index (χ1v) is 6.65. The largest absolute Gasteiger partial charge is 0.497 e. The Morgan fingerprint density at radius 1 is 1.40 bits per heavy atom. The minimum absolute atomic E-state index is 0.0808. The SMILES string of the molecule is CCOC(=O)C1CC1(F)COCc1ccc(OC)cc1. The van der Waals surface area contributed by atoms with Crippen LogP contribution in [0.15, 0.2) is 24.3 Å². The lowest BCUT2D eigenvalue weighted by molar-refractivity contribution is -0.146. The van der Waals surface area contributed by atoms with Gasteiger partial charge in [0.05, 0.1) is 32.8 Å². The molecule has 1 fully saturated rings. The van der Waals surface area contributed by atoms with Crippen molar-refractivity contribution in [1.82, 2.24) is 0 Å². The lowest BCUT2D eigenvalue weighted by Gasteiger charge is -2.09. The molecule has 4 nitrogen and oxygen atoms in total. The molecular weight excluding hydrogens is 263 g/mol. The van der Waals surface area contributed by atoms with Crippen LogP contribution in [0.4, 0.5) is 4.39 Å². The summed E-state index contributed by atoms with van der Waals surface area (Å²) in [4.78, 5) is 11.4. The summed E-state index contributed by atoms with van der Waals surface area (Å²) in [6.45, 7) is 2.21. The molecule has 0 heterocycles. The molecular formula is C15H19FO4. The molecule has 2 unspecified atom stereocenters. The van der Waals surface area contributed by atoms with E-state index in [0.717, 1.165) is 11.3 Å². The Hall–Kier alpha value is -1.62. The summed E-state index contributed by atoms with van der Waals surface area (Å²) in [7, 11) is 1.60. The zero-order valence-corrected chi connectivity index (χ0v) is 11.7. The minimum atomic E-state index is -1.56. The van der Waals surface area contributed by atoms with E-state index in [2.05, 4.69) is 0 Å². The fourth-order valence-corrected chi connectivity index (χ4v) is 2.04. The molecule has 0 radical (unpaired) electrons. The summed E-state index contributed by atoms with van der Waals surface area (Å²) in [5.74, 6) is -0.373. The standard InChI is InChI=1S/C15H19FO4/c1-3-20-14(17)13-8-15(13,16)10-19-9-11-4-6-12(18-2)7-5-11/h4-7,13H,3,8-10H2,1-2H3. The highest BCUT2D eigenvalue weighted by Gasteiger charge is 2.61. The van der Waals surface area contributed by atoms with Crippen LogP contribution in [-0.4, -0.2) is 32.0 Å². The van der Waals surface area contributed by atoms with Gasteiger partial charge in [-0.3, -0.25) is 4.79 Å². The van der Waals surface area contributed by atoms with Gasteiger partial charge in [0.2, 0.25) is 0 Å². The van der Waals surface area contributed by atoms with Gasteiger partial charge < -0.3 is 14.2 Å². The normalized spacial score (nSPS) is 24.2. The molecule has 20 heavy (non-hydrogen) atoms. The number of rotatable bonds is 7. The summed E-state index contributed by atoms with van der Waals surface area (Å²) < 4.78 is 29.3. The number of carbonyl (C=O) groups excluding carboxylic acids is 1. The van der Waals surface area contributed by atoms with Gasteiger partial charge in [0.25, 0.3) is 0 Å². The predicted octanol–water partition coefficient (Wildman–Crippen LogP) is 2.50. The number of esters is 1. The van der Waals surface area contributed by atoms with Crippen molar-refractivity contribution in [3.8, 4) is 5.75 Å². The van der Waals surface area contributed by atoms with Gasteiger partial charge in [0, 0.05) is 6.42 Å². The predicted molar refractivity (Wildman–Crippen MR) is 71.2 cm³/mol. The third-order valence-corrected chi connectivity index (χ3v) is 3.35. The molecule has 1 aliphatic rings. The molecule has 0 N–H and O–H groups in total. The van der Waals surface area contributed by atoms with E-state index >= 15 is 0 Å². The van der Waals surface area contributed by atoms with Crippen molar-refractivity contribution in [2.24, 2.45) is 5.92 Å². The molecule has 1 saturated carbocycles. The fraction of sp³-hybridized carbons (Fsp3) is 0.533. The van der Waals surface area contributed by atoms with E-state index < -0.39 is 17.6 Å². The van der Waals surface area contributed by atoms with Gasteiger partial charge in [-0.25, -0.2) is 4.39 Å². The Morgan fingerprint density at radius 3 is 2.70 bits per heavy atom. The maximum atomic E-state index is 14.1. The van der Waals surface area contributed by atoms with E-state index in [-0.39, 0.29) is 19.6 Å². The smallest absolute Gasteiger partial charge is 0.312 e. The first-order valence-electron chi connectivity index (χ1n) is 6.65. The average Bonchev–Trinajstić information content (AvgIpc) is 3.12. The summed E-state index contributed by atoms with van der Waals surface area (Å²) >= 11 is 0. The number of benzene rings is 1. The topological polar surface area (TPSA) is 44.8 Å². The number of hydrogen-bond acceptors (Lipinski definition) is 4. The van der Waals surface area contributed by atoms with Crippen molar-refractivity contribution in [2.45, 2.75) is 25.6 Å². The maximum Gasteiger partial charge on any atom is 0.312 e. The van der Waals surface area contributed by atoms with Crippen molar-refractivity contribution < 1.29 is 23.4 Å². The van der Waals surface area contributed by atoms with Crippen molar-refractivity contribution in [3.05, 3.63) is 29.8 Å². The summed E-state index contributed by atoms with van der Waals surface area (Å²) in [5, 5.41) is 0. The third-order valence-electron chi connectivity index (χ3n) is 3.35. The first-order chi connectivity index (χ1) is 9.59. The molecule has 0 spiro atoms. The Labute approximate surface area is 117 Å². The number of alkyl halides is 1. The molecule has 1 aromatic rings. The monoisotopic (exact) mass is 282 g/mol. The number of hydrogen-bond donors (Lipinski definition) is 0. The van der Waals surface area contributed by atoms with Crippen LogP contribution in [-0.2, 0) is 20.9 Å². The molecule has 0 aromatic heterocycles. The van der Waals surface area contributed by atoms with Crippen LogP contribution in [0.25, 0.3) is 0 Å². The molecule has 110 valence electrons. The Kier molecular flexibility index (Phi) is 4.60. The first kappa shape index (κ1) is 14.8. The van der Waals surface area contributed by atoms with E-state index in [1.807, 2.05) is 24.3 Å². The molecule has 1 aliphatic carbocycles. The van der Waals surface area contributed by atoms with Crippen LogP contribution >= 0.6 is 0 Å². The molecule has 0 bridgehead atoms. The van der Waals surface area contributed by atoms with Gasteiger partial charge in [-0.1, -0.05) is 12.1 Å². The van der Waals surface area contributed by atoms with Gasteiger partial charge in [-0.05, 0) is 24.6 Å². The molecule has 1 aromatic carbocycles. The van der Waals surface area contributed by atoms with Crippen molar-refractivity contribution in [1.29, 1.82) is 0 Å². The van der Waals surface area contributed by atoms with Crippen molar-refractivity contribution in [3.63, 3.8) is 0 Å². The fourth-order valence-electron chi connectivity index (χ4n) is 2.04. The number of methoxy groups -OCH3 is 1. The highest BCUT2D eigenvalue weighted by molar-refractivity contribution is 5.77. The molecule has 2 rings (SSSR count). The molecule has 0 amide bonds. The average molecular weight is 282 g/mol. The third kappa shape index (κ3) is 3.48. The van der Waals surface area contributed by atoms with Crippen LogP contribution < -0.4 is 4.74 Å². The second-order valence-electron chi connectivity index (χ2n) is 4.88. The van der Waals surface area contributed by atoms with Gasteiger partial charge >= 0.3 is 5.97 Å². The number of ether oxygens (including phenoxy) is 3. The Morgan fingerprint density at radius 2 is 2.10 bits per heavy atom. The van der Waals surface area contributed by atoms with E-state index in [9.17, 15) is 9.18 Å². The summed E-state index contributed by atoms with van der Waals surface area (Å²) in [6.07, 6.45) is 0.189. The van der Waals surface area contributed by atoms with Gasteiger partial charge in [-0.2, -0.15) is 0 Å². The van der Waals surface area contributed by atoms with E-state index in [1.54, 1.807) is 14.0 Å². The molecule has 2 atom stereocenters. The van der Waals surface area contributed by atoms with E-state index in [4.69, 9.17) is 14.2 Å². The quantitative estimate of drug-likeness (QED) is 0.721. The number of halogens is 1. The maximum absolute atomic E-state index is 14.1. The lowest BCUT2D eigenvalue weighted by Crippen LogP contribution is -2.20. The van der Waals surface area contributed by atoms with E-state index in [0.29, 0.717) is 6.61 Å². The van der Waals surface area contributed by atoms with E-state index in [1.165, 1.54) is 0 Å². The number of carbonyl (C=O) groups is 1. The van der Waals surface area contributed by atoms with Crippen LogP contribution in [0, 0.1) is 5.92 Å². The van der Waals surface area contributed by atoms with Gasteiger partial charge in [-0.15, -0.1) is 0 Å². The van der Waals surface area contributed by atoms with Gasteiger partial charge in [0.15, 0.2) is 0 Å². The van der Waals surface area contributed by atoms with Crippen LogP contribution in [0.1, 0.15) is 18.9 Å². The lowest BCUT2D eigenvalue weighted by atomic mass is 10.2. The second-order valence-corrected chi connectivity index (χ2v) is 4.88. The van der Waals surface area contributed by atoms with Gasteiger partial charge in [0.1, 0.15) is 11.4 Å². The highest BCUT2D eigenvalue weighted by Crippen LogP contribution is 2.48.